The molecule has 1 aliphatic rings. The molecule has 0 bridgehead atoms. The van der Waals surface area contributed by atoms with E-state index in [0.29, 0.717) is 6.04 Å². The largest absolute Gasteiger partial charge is 0.483 e. The first kappa shape index (κ1) is 13.9. The molecule has 4 nitrogen and oxygen atoms in total. The Balaban J connectivity index is 1.88. The van der Waals surface area contributed by atoms with Crippen molar-refractivity contribution in [3.8, 4) is 5.75 Å². The van der Waals surface area contributed by atoms with Gasteiger partial charge in [-0.2, -0.15) is 0 Å². The average molecular weight is 284 g/mol. The fourth-order valence-corrected chi connectivity index (χ4v) is 2.38. The van der Waals surface area contributed by atoms with Gasteiger partial charge in [0.2, 0.25) is 0 Å². The SMILES string of the molecule is CNC(=O)COc1ccc2ccccc2c1CNC1CC1. The minimum atomic E-state index is -0.121. The van der Waals surface area contributed by atoms with Crippen molar-refractivity contribution in [2.45, 2.75) is 25.4 Å². The van der Waals surface area contributed by atoms with Crippen LogP contribution in [0.15, 0.2) is 36.4 Å². The third-order valence-corrected chi connectivity index (χ3v) is 3.78. The summed E-state index contributed by atoms with van der Waals surface area (Å²) in [6.07, 6.45) is 2.50. The van der Waals surface area contributed by atoms with Gasteiger partial charge in [-0.1, -0.05) is 30.3 Å². The number of hydrogen-bond donors (Lipinski definition) is 2. The average Bonchev–Trinajstić information content (AvgIpc) is 3.35. The molecule has 0 spiro atoms. The molecule has 2 aromatic rings. The number of rotatable bonds is 6. The number of benzene rings is 2. The molecule has 2 aromatic carbocycles. The third-order valence-electron chi connectivity index (χ3n) is 3.78. The summed E-state index contributed by atoms with van der Waals surface area (Å²) in [5.74, 6) is 0.662. The molecule has 3 rings (SSSR count). The Labute approximate surface area is 124 Å². The first-order valence-corrected chi connectivity index (χ1v) is 7.35. The summed E-state index contributed by atoms with van der Waals surface area (Å²) < 4.78 is 5.70. The van der Waals surface area contributed by atoms with E-state index >= 15 is 0 Å². The van der Waals surface area contributed by atoms with E-state index in [0.717, 1.165) is 17.9 Å². The highest BCUT2D eigenvalue weighted by molar-refractivity contribution is 5.88. The molecule has 21 heavy (non-hydrogen) atoms. The van der Waals surface area contributed by atoms with E-state index in [1.54, 1.807) is 7.05 Å². The maximum atomic E-state index is 11.4. The van der Waals surface area contributed by atoms with Crippen LogP contribution in [0.2, 0.25) is 0 Å². The van der Waals surface area contributed by atoms with Gasteiger partial charge in [0, 0.05) is 25.2 Å². The van der Waals surface area contributed by atoms with Crippen molar-refractivity contribution in [2.24, 2.45) is 0 Å². The molecule has 0 aliphatic heterocycles. The first-order valence-electron chi connectivity index (χ1n) is 7.35. The number of carbonyl (C=O) groups is 1. The van der Waals surface area contributed by atoms with Crippen LogP contribution in [0.3, 0.4) is 0 Å². The number of ether oxygens (including phenoxy) is 1. The van der Waals surface area contributed by atoms with Crippen molar-refractivity contribution in [1.82, 2.24) is 10.6 Å². The smallest absolute Gasteiger partial charge is 0.257 e. The molecule has 1 fully saturated rings. The van der Waals surface area contributed by atoms with Crippen LogP contribution in [0.1, 0.15) is 18.4 Å². The Hall–Kier alpha value is -2.07. The van der Waals surface area contributed by atoms with E-state index in [1.165, 1.54) is 23.6 Å². The number of hydrogen-bond acceptors (Lipinski definition) is 3. The van der Waals surface area contributed by atoms with Crippen molar-refractivity contribution in [2.75, 3.05) is 13.7 Å². The van der Waals surface area contributed by atoms with Crippen LogP contribution in [-0.4, -0.2) is 25.6 Å². The van der Waals surface area contributed by atoms with Crippen LogP contribution in [-0.2, 0) is 11.3 Å². The molecule has 1 saturated carbocycles. The molecule has 0 saturated heterocycles. The number of fused-ring (bicyclic) bond motifs is 1. The molecule has 0 atom stereocenters. The molecule has 110 valence electrons. The molecule has 0 radical (unpaired) electrons. The van der Waals surface area contributed by atoms with Gasteiger partial charge in [-0.15, -0.1) is 0 Å². The molecule has 0 unspecified atom stereocenters. The van der Waals surface area contributed by atoms with E-state index in [1.807, 2.05) is 24.3 Å². The molecule has 0 aromatic heterocycles. The lowest BCUT2D eigenvalue weighted by atomic mass is 10.0. The zero-order chi connectivity index (χ0) is 14.7. The van der Waals surface area contributed by atoms with Gasteiger partial charge in [-0.3, -0.25) is 4.79 Å². The Morgan fingerprint density at radius 1 is 1.24 bits per heavy atom. The molecule has 4 heteroatoms. The number of likely N-dealkylation sites (N-methyl/N-ethyl adjacent to an activating group) is 1. The van der Waals surface area contributed by atoms with Crippen LogP contribution >= 0.6 is 0 Å². The molecule has 2 N–H and O–H groups in total. The quantitative estimate of drug-likeness (QED) is 0.855. The van der Waals surface area contributed by atoms with Gasteiger partial charge in [0.15, 0.2) is 6.61 Å². The van der Waals surface area contributed by atoms with Crippen LogP contribution < -0.4 is 15.4 Å². The number of nitrogens with one attached hydrogen (secondary N) is 2. The zero-order valence-electron chi connectivity index (χ0n) is 12.2. The summed E-state index contributed by atoms with van der Waals surface area (Å²) in [7, 11) is 1.61. The van der Waals surface area contributed by atoms with Gasteiger partial charge in [0.25, 0.3) is 5.91 Å². The fraction of sp³-hybridized carbons (Fsp3) is 0.353. The predicted molar refractivity (Wildman–Crippen MR) is 83.4 cm³/mol. The highest BCUT2D eigenvalue weighted by Gasteiger charge is 2.21. The van der Waals surface area contributed by atoms with Crippen LogP contribution in [0.4, 0.5) is 0 Å². The van der Waals surface area contributed by atoms with E-state index in [9.17, 15) is 4.79 Å². The normalized spacial score (nSPS) is 14.1. The number of carbonyl (C=O) groups excluding carboxylic acids is 1. The van der Waals surface area contributed by atoms with Crippen molar-refractivity contribution < 1.29 is 9.53 Å². The van der Waals surface area contributed by atoms with E-state index in [4.69, 9.17) is 4.74 Å². The number of amides is 1. The fourth-order valence-electron chi connectivity index (χ4n) is 2.38. The van der Waals surface area contributed by atoms with Crippen molar-refractivity contribution in [3.05, 3.63) is 42.0 Å². The lowest BCUT2D eigenvalue weighted by Gasteiger charge is -2.14. The maximum Gasteiger partial charge on any atom is 0.257 e. The zero-order valence-corrected chi connectivity index (χ0v) is 12.2. The predicted octanol–water partition coefficient (Wildman–Crippen LogP) is 2.22. The van der Waals surface area contributed by atoms with E-state index < -0.39 is 0 Å². The van der Waals surface area contributed by atoms with E-state index in [2.05, 4.69) is 22.8 Å². The van der Waals surface area contributed by atoms with Gasteiger partial charge in [-0.25, -0.2) is 0 Å². The van der Waals surface area contributed by atoms with Gasteiger partial charge < -0.3 is 15.4 Å². The van der Waals surface area contributed by atoms with Crippen molar-refractivity contribution >= 4 is 16.7 Å². The second kappa shape index (κ2) is 6.14. The maximum absolute atomic E-state index is 11.4. The van der Waals surface area contributed by atoms with Crippen molar-refractivity contribution in [1.29, 1.82) is 0 Å². The Bertz CT molecular complexity index is 650. The first-order chi connectivity index (χ1) is 10.3. The minimum absolute atomic E-state index is 0.0469. The molecular formula is C17H20N2O2. The summed E-state index contributed by atoms with van der Waals surface area (Å²) in [5, 5.41) is 8.47. The minimum Gasteiger partial charge on any atom is -0.483 e. The monoisotopic (exact) mass is 284 g/mol. The standard InChI is InChI=1S/C17H20N2O2/c1-18-17(20)11-21-16-9-6-12-4-2-3-5-14(12)15(16)10-19-13-7-8-13/h2-6,9,13,19H,7-8,10-11H2,1H3,(H,18,20). The topological polar surface area (TPSA) is 50.4 Å². The van der Waals surface area contributed by atoms with Gasteiger partial charge in [-0.05, 0) is 29.7 Å². The second-order valence-electron chi connectivity index (χ2n) is 5.38. The third kappa shape index (κ3) is 3.34. The Kier molecular flexibility index (Phi) is 4.06. The summed E-state index contributed by atoms with van der Waals surface area (Å²) in [5.41, 5.74) is 1.13. The van der Waals surface area contributed by atoms with Gasteiger partial charge in [0.05, 0.1) is 0 Å². The molecule has 1 aliphatic carbocycles. The lowest BCUT2D eigenvalue weighted by molar-refractivity contribution is -0.122. The summed E-state index contributed by atoms with van der Waals surface area (Å²) in [6, 6.07) is 12.9. The lowest BCUT2D eigenvalue weighted by Crippen LogP contribution is -2.25. The Morgan fingerprint density at radius 3 is 2.81 bits per heavy atom. The summed E-state index contributed by atoms with van der Waals surface area (Å²) >= 11 is 0. The van der Waals surface area contributed by atoms with Crippen LogP contribution in [0.25, 0.3) is 10.8 Å². The van der Waals surface area contributed by atoms with E-state index in [-0.39, 0.29) is 12.5 Å². The highest BCUT2D eigenvalue weighted by atomic mass is 16.5. The van der Waals surface area contributed by atoms with Gasteiger partial charge in [0.1, 0.15) is 5.75 Å². The molecule has 0 heterocycles. The van der Waals surface area contributed by atoms with Crippen LogP contribution in [0, 0.1) is 0 Å². The summed E-state index contributed by atoms with van der Waals surface area (Å²) in [4.78, 5) is 11.4. The van der Waals surface area contributed by atoms with Gasteiger partial charge >= 0.3 is 0 Å². The highest BCUT2D eigenvalue weighted by Crippen LogP contribution is 2.29. The Morgan fingerprint density at radius 2 is 2.05 bits per heavy atom. The molecule has 1 amide bonds. The second-order valence-corrected chi connectivity index (χ2v) is 5.38. The molecular weight excluding hydrogens is 264 g/mol. The van der Waals surface area contributed by atoms with Crippen molar-refractivity contribution in [3.63, 3.8) is 0 Å². The van der Waals surface area contributed by atoms with Crippen LogP contribution in [0.5, 0.6) is 5.75 Å². The summed E-state index contributed by atoms with van der Waals surface area (Å²) in [6.45, 7) is 0.820.